The second-order valence-corrected chi connectivity index (χ2v) is 3.23. The van der Waals surface area contributed by atoms with Crippen LogP contribution in [0.1, 0.15) is 16.1 Å². The normalized spacial score (nSPS) is 9.78. The third-order valence-corrected chi connectivity index (χ3v) is 2.10. The fourth-order valence-corrected chi connectivity index (χ4v) is 1.28. The Kier molecular flexibility index (Phi) is 2.89. The molecule has 1 aromatic carbocycles. The van der Waals surface area contributed by atoms with E-state index in [4.69, 9.17) is 11.0 Å². The predicted molar refractivity (Wildman–Crippen MR) is 57.8 cm³/mol. The van der Waals surface area contributed by atoms with Crippen molar-refractivity contribution in [3.63, 3.8) is 0 Å². The molecular formula is C10H6FN5O2. The molecule has 0 saturated heterocycles. The Bertz CT molecular complexity index is 646. The summed E-state index contributed by atoms with van der Waals surface area (Å²) < 4.78 is 17.5. The molecule has 3 N–H and O–H groups in total. The van der Waals surface area contributed by atoms with E-state index in [1.54, 1.807) is 6.07 Å². The van der Waals surface area contributed by atoms with Crippen LogP contribution in [-0.2, 0) is 0 Å². The first-order valence-corrected chi connectivity index (χ1v) is 4.71. The highest BCUT2D eigenvalue weighted by Crippen LogP contribution is 2.19. The van der Waals surface area contributed by atoms with Crippen molar-refractivity contribution in [2.75, 3.05) is 11.1 Å². The quantitative estimate of drug-likeness (QED) is 0.814. The average molecular weight is 247 g/mol. The van der Waals surface area contributed by atoms with E-state index in [1.807, 2.05) is 0 Å². The Labute approximate surface area is 100.0 Å². The number of nitrogen functional groups attached to an aromatic ring is 1. The van der Waals surface area contributed by atoms with E-state index < -0.39 is 11.7 Å². The van der Waals surface area contributed by atoms with Crippen molar-refractivity contribution in [3.8, 4) is 6.07 Å². The Morgan fingerprint density at radius 3 is 2.89 bits per heavy atom. The molecule has 0 fully saturated rings. The van der Waals surface area contributed by atoms with Gasteiger partial charge in [-0.1, -0.05) is 6.07 Å². The third kappa shape index (κ3) is 1.97. The molecule has 0 saturated carbocycles. The second kappa shape index (κ2) is 4.50. The third-order valence-electron chi connectivity index (χ3n) is 2.10. The molecule has 0 aliphatic rings. The standard InChI is InChI=1S/C10H6FN5O2/c11-6-2-1-3-7(5(6)4-12)14-10(17)8-9(13)16-18-15-8/h1-3H,(H2,13,16)(H,14,17). The number of nitrogens with one attached hydrogen (secondary N) is 1. The van der Waals surface area contributed by atoms with Crippen LogP contribution >= 0.6 is 0 Å². The van der Waals surface area contributed by atoms with Crippen LogP contribution in [0.5, 0.6) is 0 Å². The summed E-state index contributed by atoms with van der Waals surface area (Å²) in [6, 6.07) is 5.50. The summed E-state index contributed by atoms with van der Waals surface area (Å²) in [6.07, 6.45) is 0. The first-order valence-electron chi connectivity index (χ1n) is 4.71. The Balaban J connectivity index is 2.31. The molecule has 18 heavy (non-hydrogen) atoms. The zero-order chi connectivity index (χ0) is 13.1. The molecule has 7 nitrogen and oxygen atoms in total. The van der Waals surface area contributed by atoms with Crippen molar-refractivity contribution in [1.29, 1.82) is 5.26 Å². The van der Waals surface area contributed by atoms with Crippen LogP contribution in [0.2, 0.25) is 0 Å². The SMILES string of the molecule is N#Cc1c(F)cccc1NC(=O)c1nonc1N. The number of carbonyl (C=O) groups is 1. The molecule has 2 aromatic rings. The van der Waals surface area contributed by atoms with E-state index in [-0.39, 0.29) is 22.8 Å². The van der Waals surface area contributed by atoms with Gasteiger partial charge in [-0.3, -0.25) is 4.79 Å². The number of nitrogens with zero attached hydrogens (tertiary/aromatic N) is 3. The molecule has 1 heterocycles. The monoisotopic (exact) mass is 247 g/mol. The topological polar surface area (TPSA) is 118 Å². The minimum atomic E-state index is -0.740. The van der Waals surface area contributed by atoms with Crippen molar-refractivity contribution in [2.24, 2.45) is 0 Å². The highest BCUT2D eigenvalue weighted by atomic mass is 19.1. The van der Waals surface area contributed by atoms with Crippen molar-refractivity contribution in [3.05, 3.63) is 35.3 Å². The molecule has 2 rings (SSSR count). The molecule has 0 aliphatic carbocycles. The van der Waals surface area contributed by atoms with Crippen molar-refractivity contribution >= 4 is 17.4 Å². The minimum Gasteiger partial charge on any atom is -0.379 e. The van der Waals surface area contributed by atoms with Gasteiger partial charge in [0.2, 0.25) is 11.5 Å². The maximum atomic E-state index is 13.3. The van der Waals surface area contributed by atoms with E-state index in [1.165, 1.54) is 12.1 Å². The number of nitriles is 1. The molecule has 0 spiro atoms. The lowest BCUT2D eigenvalue weighted by atomic mass is 10.2. The number of carbonyl (C=O) groups excluding carboxylic acids is 1. The van der Waals surface area contributed by atoms with Crippen molar-refractivity contribution < 1.29 is 13.8 Å². The van der Waals surface area contributed by atoms with Gasteiger partial charge in [0.15, 0.2) is 0 Å². The highest BCUT2D eigenvalue weighted by molar-refractivity contribution is 6.06. The van der Waals surface area contributed by atoms with Crippen LogP contribution in [0, 0.1) is 17.1 Å². The number of amides is 1. The largest absolute Gasteiger partial charge is 0.379 e. The summed E-state index contributed by atoms with van der Waals surface area (Å²) in [5.41, 5.74) is 4.84. The lowest BCUT2D eigenvalue weighted by Gasteiger charge is -2.05. The minimum absolute atomic E-state index is 0.0184. The number of anilines is 2. The van der Waals surface area contributed by atoms with Crippen LogP contribution in [-0.4, -0.2) is 16.2 Å². The zero-order valence-corrected chi connectivity index (χ0v) is 8.85. The van der Waals surface area contributed by atoms with E-state index in [9.17, 15) is 9.18 Å². The van der Waals surface area contributed by atoms with E-state index in [2.05, 4.69) is 20.3 Å². The van der Waals surface area contributed by atoms with Crippen molar-refractivity contribution in [1.82, 2.24) is 10.3 Å². The molecule has 0 unspecified atom stereocenters. The average Bonchev–Trinajstić information content (AvgIpc) is 2.76. The van der Waals surface area contributed by atoms with Gasteiger partial charge in [0.25, 0.3) is 5.91 Å². The summed E-state index contributed by atoms with van der Waals surface area (Å²) >= 11 is 0. The summed E-state index contributed by atoms with van der Waals surface area (Å²) in [5, 5.41) is 17.6. The van der Waals surface area contributed by atoms with E-state index in [0.29, 0.717) is 0 Å². The van der Waals surface area contributed by atoms with E-state index in [0.717, 1.165) is 6.07 Å². The molecule has 1 amide bonds. The molecule has 1 aromatic heterocycles. The van der Waals surface area contributed by atoms with Crippen molar-refractivity contribution in [2.45, 2.75) is 0 Å². The maximum Gasteiger partial charge on any atom is 0.281 e. The van der Waals surface area contributed by atoms with Crippen LogP contribution in [0.3, 0.4) is 0 Å². The fourth-order valence-electron chi connectivity index (χ4n) is 1.28. The maximum absolute atomic E-state index is 13.3. The first kappa shape index (κ1) is 11.5. The first-order chi connectivity index (χ1) is 8.63. The van der Waals surface area contributed by atoms with Crippen LogP contribution in [0.25, 0.3) is 0 Å². The van der Waals surface area contributed by atoms with Crippen LogP contribution in [0.15, 0.2) is 22.8 Å². The van der Waals surface area contributed by atoms with Gasteiger partial charge < -0.3 is 11.1 Å². The van der Waals surface area contributed by atoms with Gasteiger partial charge in [-0.2, -0.15) is 5.26 Å². The summed E-state index contributed by atoms with van der Waals surface area (Å²) in [4.78, 5) is 11.7. The van der Waals surface area contributed by atoms with Gasteiger partial charge in [0.05, 0.1) is 5.69 Å². The molecular weight excluding hydrogens is 241 g/mol. The number of hydrogen-bond donors (Lipinski definition) is 2. The summed E-state index contributed by atoms with van der Waals surface area (Å²) in [7, 11) is 0. The second-order valence-electron chi connectivity index (χ2n) is 3.23. The van der Waals surface area contributed by atoms with E-state index >= 15 is 0 Å². The summed E-state index contributed by atoms with van der Waals surface area (Å²) in [6.45, 7) is 0. The van der Waals surface area contributed by atoms with Gasteiger partial charge in [0, 0.05) is 0 Å². The van der Waals surface area contributed by atoms with Gasteiger partial charge in [-0.25, -0.2) is 9.02 Å². The Hall–Kier alpha value is -2.95. The number of benzene rings is 1. The number of halogens is 1. The summed E-state index contributed by atoms with van der Waals surface area (Å²) in [5.74, 6) is -1.67. The molecule has 0 atom stereocenters. The Morgan fingerprint density at radius 1 is 1.50 bits per heavy atom. The number of hydrogen-bond acceptors (Lipinski definition) is 6. The van der Waals surface area contributed by atoms with Crippen LogP contribution in [0.4, 0.5) is 15.9 Å². The Morgan fingerprint density at radius 2 is 2.28 bits per heavy atom. The van der Waals surface area contributed by atoms with Crippen LogP contribution < -0.4 is 11.1 Å². The fraction of sp³-hybridized carbons (Fsp3) is 0. The lowest BCUT2D eigenvalue weighted by molar-refractivity contribution is 0.101. The van der Waals surface area contributed by atoms with Gasteiger partial charge >= 0.3 is 0 Å². The smallest absolute Gasteiger partial charge is 0.281 e. The molecule has 90 valence electrons. The molecule has 0 bridgehead atoms. The molecule has 0 radical (unpaired) electrons. The number of rotatable bonds is 2. The highest BCUT2D eigenvalue weighted by Gasteiger charge is 2.18. The van der Waals surface area contributed by atoms with Gasteiger partial charge in [0.1, 0.15) is 17.4 Å². The molecule has 0 aliphatic heterocycles. The predicted octanol–water partition coefficient (Wildman–Crippen LogP) is 0.915. The number of aromatic nitrogens is 2. The van der Waals surface area contributed by atoms with Gasteiger partial charge in [-0.05, 0) is 22.4 Å². The molecule has 8 heteroatoms. The van der Waals surface area contributed by atoms with Gasteiger partial charge in [-0.15, -0.1) is 0 Å². The number of nitrogens with two attached hydrogens (primary N) is 1. The zero-order valence-electron chi connectivity index (χ0n) is 8.85. The lowest BCUT2D eigenvalue weighted by Crippen LogP contribution is -2.15.